The summed E-state index contributed by atoms with van der Waals surface area (Å²) in [6, 6.07) is 14.5. The molecule has 3 rings (SSSR count). The number of aryl methyl sites for hydroxylation is 2. The van der Waals surface area contributed by atoms with E-state index in [-0.39, 0.29) is 5.38 Å². The zero-order valence-electron chi connectivity index (χ0n) is 11.7. The highest BCUT2D eigenvalue weighted by atomic mass is 35.5. The van der Waals surface area contributed by atoms with Crippen molar-refractivity contribution < 1.29 is 4.42 Å². The summed E-state index contributed by atoms with van der Waals surface area (Å²) in [4.78, 5) is 0. The Balaban J connectivity index is 1.93. The SMILES string of the molecule is Cc1ccc(C)c(CC(Cl)c2coc3ccccc23)c1. The number of rotatable bonds is 3. The van der Waals surface area contributed by atoms with Gasteiger partial charge in [-0.25, -0.2) is 0 Å². The molecule has 0 bridgehead atoms. The van der Waals surface area contributed by atoms with Crippen LogP contribution in [-0.4, -0.2) is 0 Å². The molecule has 1 atom stereocenters. The maximum Gasteiger partial charge on any atom is 0.134 e. The fraction of sp³-hybridized carbons (Fsp3) is 0.222. The minimum atomic E-state index is -0.0702. The van der Waals surface area contributed by atoms with Gasteiger partial charge in [-0.2, -0.15) is 0 Å². The number of furan rings is 1. The minimum Gasteiger partial charge on any atom is -0.464 e. The lowest BCUT2D eigenvalue weighted by Gasteiger charge is -2.11. The molecule has 0 amide bonds. The molecule has 0 fully saturated rings. The Morgan fingerprint density at radius 1 is 1.10 bits per heavy atom. The number of hydrogen-bond donors (Lipinski definition) is 0. The van der Waals surface area contributed by atoms with Gasteiger partial charge in [-0.15, -0.1) is 11.6 Å². The molecule has 1 heterocycles. The van der Waals surface area contributed by atoms with Crippen molar-refractivity contribution in [2.45, 2.75) is 25.6 Å². The summed E-state index contributed by atoms with van der Waals surface area (Å²) < 4.78 is 5.58. The van der Waals surface area contributed by atoms with Gasteiger partial charge in [0.05, 0.1) is 11.6 Å². The van der Waals surface area contributed by atoms with Crippen LogP contribution in [-0.2, 0) is 6.42 Å². The summed E-state index contributed by atoms with van der Waals surface area (Å²) in [7, 11) is 0. The van der Waals surface area contributed by atoms with Crippen molar-refractivity contribution in [3.05, 3.63) is 71.0 Å². The van der Waals surface area contributed by atoms with Gasteiger partial charge in [0.15, 0.2) is 0 Å². The summed E-state index contributed by atoms with van der Waals surface area (Å²) >= 11 is 6.63. The molecule has 0 aliphatic carbocycles. The predicted molar refractivity (Wildman–Crippen MR) is 84.4 cm³/mol. The zero-order valence-corrected chi connectivity index (χ0v) is 12.4. The molecule has 0 N–H and O–H groups in total. The first-order valence-electron chi connectivity index (χ1n) is 6.81. The average molecular weight is 285 g/mol. The Hall–Kier alpha value is -1.73. The fourth-order valence-corrected chi connectivity index (χ4v) is 2.90. The highest BCUT2D eigenvalue weighted by Gasteiger charge is 2.16. The normalized spacial score (nSPS) is 12.8. The van der Waals surface area contributed by atoms with Crippen LogP contribution in [0.4, 0.5) is 0 Å². The molecule has 102 valence electrons. The second-order valence-corrected chi connectivity index (χ2v) is 5.82. The third kappa shape index (κ3) is 2.46. The first-order chi connectivity index (χ1) is 9.65. The Labute approximate surface area is 124 Å². The van der Waals surface area contributed by atoms with Crippen LogP contribution in [0, 0.1) is 13.8 Å². The van der Waals surface area contributed by atoms with Crippen molar-refractivity contribution in [3.8, 4) is 0 Å². The fourth-order valence-electron chi connectivity index (χ4n) is 2.56. The standard InChI is InChI=1S/C18H17ClO/c1-12-7-8-13(2)14(9-12)10-17(19)16-11-20-18-6-4-3-5-15(16)18/h3-9,11,17H,10H2,1-2H3. The molecule has 20 heavy (non-hydrogen) atoms. The van der Waals surface area contributed by atoms with Crippen molar-refractivity contribution in [2.24, 2.45) is 0 Å². The third-order valence-electron chi connectivity index (χ3n) is 3.75. The van der Waals surface area contributed by atoms with Crippen LogP contribution >= 0.6 is 11.6 Å². The largest absolute Gasteiger partial charge is 0.464 e. The average Bonchev–Trinajstić information content (AvgIpc) is 2.87. The lowest BCUT2D eigenvalue weighted by atomic mass is 9.98. The predicted octanol–water partition coefficient (Wildman–Crippen LogP) is 5.57. The number of benzene rings is 2. The molecule has 2 aromatic carbocycles. The van der Waals surface area contributed by atoms with E-state index in [0.717, 1.165) is 23.0 Å². The molecule has 0 aliphatic rings. The molecule has 2 heteroatoms. The van der Waals surface area contributed by atoms with E-state index in [4.69, 9.17) is 16.0 Å². The number of alkyl halides is 1. The van der Waals surface area contributed by atoms with E-state index < -0.39 is 0 Å². The highest BCUT2D eigenvalue weighted by molar-refractivity contribution is 6.21. The van der Waals surface area contributed by atoms with Gasteiger partial charge in [-0.1, -0.05) is 42.0 Å². The monoisotopic (exact) mass is 284 g/mol. The van der Waals surface area contributed by atoms with Gasteiger partial charge < -0.3 is 4.42 Å². The van der Waals surface area contributed by atoms with Crippen LogP contribution in [0.1, 0.15) is 27.6 Å². The summed E-state index contributed by atoms with van der Waals surface area (Å²) in [5.41, 5.74) is 5.83. The topological polar surface area (TPSA) is 13.1 Å². The number of halogens is 1. The van der Waals surface area contributed by atoms with Crippen LogP contribution < -0.4 is 0 Å². The van der Waals surface area contributed by atoms with E-state index in [0.29, 0.717) is 0 Å². The maximum absolute atomic E-state index is 6.63. The van der Waals surface area contributed by atoms with Crippen molar-refractivity contribution in [3.63, 3.8) is 0 Å². The molecule has 3 aromatic rings. The lowest BCUT2D eigenvalue weighted by molar-refractivity contribution is 0.609. The molecule has 0 radical (unpaired) electrons. The zero-order chi connectivity index (χ0) is 14.1. The van der Waals surface area contributed by atoms with Crippen LogP contribution in [0.5, 0.6) is 0 Å². The Morgan fingerprint density at radius 3 is 2.75 bits per heavy atom. The summed E-state index contributed by atoms with van der Waals surface area (Å²) in [6.07, 6.45) is 2.60. The molecule has 0 spiro atoms. The molecule has 1 aromatic heterocycles. The number of fused-ring (bicyclic) bond motifs is 1. The van der Waals surface area contributed by atoms with Gasteiger partial charge in [0, 0.05) is 10.9 Å². The van der Waals surface area contributed by atoms with Gasteiger partial charge in [-0.3, -0.25) is 0 Å². The molecule has 0 aliphatic heterocycles. The summed E-state index contributed by atoms with van der Waals surface area (Å²) in [5.74, 6) is 0. The van der Waals surface area contributed by atoms with E-state index in [1.165, 1.54) is 16.7 Å². The maximum atomic E-state index is 6.63. The first kappa shape index (κ1) is 13.3. The van der Waals surface area contributed by atoms with Crippen molar-refractivity contribution in [2.75, 3.05) is 0 Å². The Morgan fingerprint density at radius 2 is 1.90 bits per heavy atom. The second kappa shape index (κ2) is 5.34. The van der Waals surface area contributed by atoms with E-state index >= 15 is 0 Å². The molecule has 1 unspecified atom stereocenters. The smallest absolute Gasteiger partial charge is 0.134 e. The minimum absolute atomic E-state index is 0.0702. The van der Waals surface area contributed by atoms with Crippen molar-refractivity contribution in [1.29, 1.82) is 0 Å². The summed E-state index contributed by atoms with van der Waals surface area (Å²) in [6.45, 7) is 4.24. The van der Waals surface area contributed by atoms with Crippen LogP contribution in [0.3, 0.4) is 0 Å². The first-order valence-corrected chi connectivity index (χ1v) is 7.25. The van der Waals surface area contributed by atoms with Gasteiger partial charge >= 0.3 is 0 Å². The van der Waals surface area contributed by atoms with E-state index in [1.54, 1.807) is 6.26 Å². The van der Waals surface area contributed by atoms with Crippen molar-refractivity contribution in [1.82, 2.24) is 0 Å². The number of para-hydroxylation sites is 1. The van der Waals surface area contributed by atoms with E-state index in [1.807, 2.05) is 18.2 Å². The van der Waals surface area contributed by atoms with Crippen molar-refractivity contribution >= 4 is 22.6 Å². The van der Waals surface area contributed by atoms with E-state index in [2.05, 4.69) is 38.1 Å². The van der Waals surface area contributed by atoms with E-state index in [9.17, 15) is 0 Å². The van der Waals surface area contributed by atoms with Gasteiger partial charge in [-0.05, 0) is 37.5 Å². The van der Waals surface area contributed by atoms with Gasteiger partial charge in [0.25, 0.3) is 0 Å². The highest BCUT2D eigenvalue weighted by Crippen LogP contribution is 2.33. The quantitative estimate of drug-likeness (QED) is 0.573. The Kier molecular flexibility index (Phi) is 3.54. The molecular weight excluding hydrogens is 268 g/mol. The third-order valence-corrected chi connectivity index (χ3v) is 4.14. The van der Waals surface area contributed by atoms with Crippen LogP contribution in [0.2, 0.25) is 0 Å². The molecule has 1 nitrogen and oxygen atoms in total. The molecular formula is C18H17ClO. The second-order valence-electron chi connectivity index (χ2n) is 5.29. The van der Waals surface area contributed by atoms with Crippen LogP contribution in [0.15, 0.2) is 53.1 Å². The molecule has 0 saturated carbocycles. The summed E-state index contributed by atoms with van der Waals surface area (Å²) in [5, 5.41) is 1.04. The number of hydrogen-bond acceptors (Lipinski definition) is 1. The van der Waals surface area contributed by atoms with Gasteiger partial charge in [0.2, 0.25) is 0 Å². The van der Waals surface area contributed by atoms with Gasteiger partial charge in [0.1, 0.15) is 5.58 Å². The van der Waals surface area contributed by atoms with Crippen LogP contribution in [0.25, 0.3) is 11.0 Å². The Bertz CT molecular complexity index is 742. The molecule has 0 saturated heterocycles. The lowest BCUT2D eigenvalue weighted by Crippen LogP contribution is -1.98.